The molecular weight excluding hydrogens is 238 g/mol. The number of oxazole rings is 1. The van der Waals surface area contributed by atoms with Crippen LogP contribution in [0.15, 0.2) is 15.5 Å². The Kier molecular flexibility index (Phi) is 2.29. The molecule has 7 nitrogen and oxygen atoms in total. The zero-order valence-electron chi connectivity index (χ0n) is 9.80. The fourth-order valence-corrected chi connectivity index (χ4v) is 2.70. The van der Waals surface area contributed by atoms with Gasteiger partial charge in [-0.15, -0.1) is 0 Å². The second-order valence-electron chi connectivity index (χ2n) is 4.83. The zero-order valence-corrected chi connectivity index (χ0v) is 9.80. The molecule has 1 aromatic heterocycles. The molecular formula is C11H13N3O4. The number of amides is 2. The standard InChI is InChI=1S/C11H13N3O4/c1-5(15)12-9-6-2-14(3-7(6)9)10(16)8-4-18-11(17)13-8/h4,6-7,9H,2-3H2,1H3,(H,12,15)(H,13,17)/t6-,7+,9?. The molecule has 96 valence electrons. The summed E-state index contributed by atoms with van der Waals surface area (Å²) in [6.45, 7) is 2.72. The molecule has 1 aliphatic heterocycles. The van der Waals surface area contributed by atoms with Crippen molar-refractivity contribution in [3.8, 4) is 0 Å². The van der Waals surface area contributed by atoms with Gasteiger partial charge in [-0.05, 0) is 0 Å². The van der Waals surface area contributed by atoms with E-state index in [2.05, 4.69) is 14.7 Å². The van der Waals surface area contributed by atoms with Crippen LogP contribution in [0.25, 0.3) is 0 Å². The largest absolute Gasteiger partial charge is 0.416 e. The number of nitrogens with one attached hydrogen (secondary N) is 2. The summed E-state index contributed by atoms with van der Waals surface area (Å²) < 4.78 is 4.54. The van der Waals surface area contributed by atoms with Gasteiger partial charge in [0.1, 0.15) is 12.0 Å². The van der Waals surface area contributed by atoms with Gasteiger partial charge in [0.15, 0.2) is 0 Å². The Morgan fingerprint density at radius 1 is 1.44 bits per heavy atom. The van der Waals surface area contributed by atoms with Gasteiger partial charge < -0.3 is 14.6 Å². The predicted octanol–water partition coefficient (Wildman–Crippen LogP) is -0.826. The number of fused-ring (bicyclic) bond motifs is 1. The van der Waals surface area contributed by atoms with Gasteiger partial charge in [-0.2, -0.15) is 0 Å². The van der Waals surface area contributed by atoms with E-state index in [1.807, 2.05) is 0 Å². The van der Waals surface area contributed by atoms with Gasteiger partial charge in [0.25, 0.3) is 5.91 Å². The maximum absolute atomic E-state index is 12.0. The van der Waals surface area contributed by atoms with Gasteiger partial charge >= 0.3 is 5.76 Å². The molecule has 3 rings (SSSR count). The number of piperidine rings is 1. The molecule has 0 radical (unpaired) electrons. The van der Waals surface area contributed by atoms with E-state index in [1.165, 1.54) is 6.92 Å². The highest BCUT2D eigenvalue weighted by atomic mass is 16.4. The number of H-pyrrole nitrogens is 1. The first-order valence-electron chi connectivity index (χ1n) is 5.80. The highest BCUT2D eigenvalue weighted by Gasteiger charge is 2.57. The number of carbonyl (C=O) groups excluding carboxylic acids is 2. The molecule has 1 unspecified atom stereocenters. The first-order valence-corrected chi connectivity index (χ1v) is 5.80. The lowest BCUT2D eigenvalue weighted by molar-refractivity contribution is -0.119. The molecule has 1 saturated heterocycles. The van der Waals surface area contributed by atoms with Crippen LogP contribution in [0.4, 0.5) is 0 Å². The van der Waals surface area contributed by atoms with E-state index >= 15 is 0 Å². The predicted molar refractivity (Wildman–Crippen MR) is 59.8 cm³/mol. The summed E-state index contributed by atoms with van der Waals surface area (Å²) in [5, 5.41) is 2.87. The zero-order chi connectivity index (χ0) is 12.9. The monoisotopic (exact) mass is 251 g/mol. The maximum atomic E-state index is 12.0. The third-order valence-electron chi connectivity index (χ3n) is 3.60. The minimum Gasteiger partial charge on any atom is -0.416 e. The normalized spacial score (nSPS) is 28.9. The van der Waals surface area contributed by atoms with E-state index in [0.717, 1.165) is 6.26 Å². The van der Waals surface area contributed by atoms with E-state index < -0.39 is 5.76 Å². The van der Waals surface area contributed by atoms with Crippen LogP contribution in [0.3, 0.4) is 0 Å². The third-order valence-corrected chi connectivity index (χ3v) is 3.60. The fourth-order valence-electron chi connectivity index (χ4n) is 2.70. The Hall–Kier alpha value is -2.05. The first-order chi connectivity index (χ1) is 8.56. The Balaban J connectivity index is 1.61. The van der Waals surface area contributed by atoms with Crippen molar-refractivity contribution in [3.05, 3.63) is 22.5 Å². The van der Waals surface area contributed by atoms with Gasteiger partial charge in [-0.3, -0.25) is 14.6 Å². The third kappa shape index (κ3) is 1.71. The summed E-state index contributed by atoms with van der Waals surface area (Å²) in [6, 6.07) is 0.204. The summed E-state index contributed by atoms with van der Waals surface area (Å²) in [7, 11) is 0. The summed E-state index contributed by atoms with van der Waals surface area (Å²) in [4.78, 5) is 37.7. The quantitative estimate of drug-likeness (QED) is 0.717. The van der Waals surface area contributed by atoms with Gasteiger partial charge in [-0.25, -0.2) is 4.79 Å². The molecule has 0 bridgehead atoms. The summed E-state index contributed by atoms with van der Waals surface area (Å²) in [5.74, 6) is -0.201. The molecule has 0 aromatic carbocycles. The van der Waals surface area contributed by atoms with Crippen molar-refractivity contribution in [2.24, 2.45) is 11.8 Å². The Morgan fingerprint density at radius 3 is 2.61 bits per heavy atom. The second-order valence-corrected chi connectivity index (χ2v) is 4.83. The van der Waals surface area contributed by atoms with E-state index in [0.29, 0.717) is 24.9 Å². The molecule has 1 aliphatic carbocycles. The van der Waals surface area contributed by atoms with Crippen LogP contribution >= 0.6 is 0 Å². The minimum atomic E-state index is -0.626. The number of likely N-dealkylation sites (tertiary alicyclic amines) is 1. The molecule has 0 spiro atoms. The second kappa shape index (κ2) is 3.72. The van der Waals surface area contributed by atoms with Gasteiger partial charge in [0.05, 0.1) is 0 Å². The number of hydrogen-bond acceptors (Lipinski definition) is 4. The molecule has 1 saturated carbocycles. The topological polar surface area (TPSA) is 95.4 Å². The van der Waals surface area contributed by atoms with E-state index in [1.54, 1.807) is 4.90 Å². The van der Waals surface area contributed by atoms with Crippen molar-refractivity contribution in [3.63, 3.8) is 0 Å². The molecule has 7 heteroatoms. The van der Waals surface area contributed by atoms with Gasteiger partial charge in [0.2, 0.25) is 5.91 Å². The lowest BCUT2D eigenvalue weighted by Crippen LogP contribution is -2.37. The minimum absolute atomic E-state index is 0.0357. The van der Waals surface area contributed by atoms with Crippen LogP contribution in [-0.4, -0.2) is 40.8 Å². The summed E-state index contributed by atoms with van der Waals surface area (Å²) >= 11 is 0. The first kappa shape index (κ1) is 11.1. The van der Waals surface area contributed by atoms with Crippen LogP contribution in [0, 0.1) is 11.8 Å². The molecule has 2 heterocycles. The Morgan fingerprint density at radius 2 is 2.11 bits per heavy atom. The smallest absolute Gasteiger partial charge is 0.416 e. The van der Waals surface area contributed by atoms with Crippen molar-refractivity contribution in [2.45, 2.75) is 13.0 Å². The highest BCUT2D eigenvalue weighted by Crippen LogP contribution is 2.45. The SMILES string of the molecule is CC(=O)NC1[C@H]2CN(C(=O)c3coc(=O)[nH]3)C[C@@H]12. The van der Waals surface area contributed by atoms with Crippen molar-refractivity contribution >= 4 is 11.8 Å². The summed E-state index contributed by atoms with van der Waals surface area (Å²) in [5.41, 5.74) is 0.178. The van der Waals surface area contributed by atoms with Crippen LogP contribution in [0.5, 0.6) is 0 Å². The van der Waals surface area contributed by atoms with Gasteiger partial charge in [0, 0.05) is 37.9 Å². The van der Waals surface area contributed by atoms with Gasteiger partial charge in [-0.1, -0.05) is 0 Å². The number of aromatic amines is 1. The van der Waals surface area contributed by atoms with Crippen LogP contribution in [-0.2, 0) is 4.79 Å². The number of rotatable bonds is 2. The lowest BCUT2D eigenvalue weighted by Gasteiger charge is -2.18. The number of nitrogens with zero attached hydrogens (tertiary/aromatic N) is 1. The van der Waals surface area contributed by atoms with Crippen molar-refractivity contribution in [2.75, 3.05) is 13.1 Å². The number of aromatic nitrogens is 1. The average molecular weight is 251 g/mol. The van der Waals surface area contributed by atoms with Crippen molar-refractivity contribution in [1.29, 1.82) is 0 Å². The van der Waals surface area contributed by atoms with E-state index in [9.17, 15) is 14.4 Å². The van der Waals surface area contributed by atoms with E-state index in [4.69, 9.17) is 0 Å². The molecule has 1 aromatic rings. The fraction of sp³-hybridized carbons (Fsp3) is 0.545. The maximum Gasteiger partial charge on any atom is 0.416 e. The molecule has 2 aliphatic rings. The number of hydrogen-bond donors (Lipinski definition) is 2. The highest BCUT2D eigenvalue weighted by molar-refractivity contribution is 5.92. The Bertz CT molecular complexity index is 549. The molecule has 2 N–H and O–H groups in total. The molecule has 3 atom stereocenters. The number of carbonyl (C=O) groups is 2. The Labute approximate surface area is 102 Å². The summed E-state index contributed by atoms with van der Waals surface area (Å²) in [6.07, 6.45) is 1.14. The van der Waals surface area contributed by atoms with Crippen LogP contribution in [0.2, 0.25) is 0 Å². The van der Waals surface area contributed by atoms with E-state index in [-0.39, 0.29) is 23.6 Å². The lowest BCUT2D eigenvalue weighted by atomic mass is 10.3. The average Bonchev–Trinajstić information content (AvgIpc) is 2.75. The molecule has 18 heavy (non-hydrogen) atoms. The van der Waals surface area contributed by atoms with Crippen molar-refractivity contribution in [1.82, 2.24) is 15.2 Å². The molecule has 2 amide bonds. The van der Waals surface area contributed by atoms with Crippen LogP contribution in [0.1, 0.15) is 17.4 Å². The van der Waals surface area contributed by atoms with Crippen LogP contribution < -0.4 is 11.1 Å². The molecule has 2 fully saturated rings. The van der Waals surface area contributed by atoms with Crippen molar-refractivity contribution < 1.29 is 14.0 Å².